The predicted octanol–water partition coefficient (Wildman–Crippen LogP) is 0.581. The molecule has 0 N–H and O–H groups in total. The molecule has 0 aromatic carbocycles. The Balaban J connectivity index is 2.84. The van der Waals surface area contributed by atoms with Crippen LogP contribution in [0.3, 0.4) is 0 Å². The third-order valence-corrected chi connectivity index (χ3v) is 1.79. The molecule has 0 aliphatic carbocycles. The number of methoxy groups -OCH3 is 1. The van der Waals surface area contributed by atoms with E-state index in [0.717, 1.165) is 5.06 Å². The highest BCUT2D eigenvalue weighted by Crippen LogP contribution is 2.12. The SMILES string of the molecule is COc1c[n+](C)cs1. The summed E-state index contributed by atoms with van der Waals surface area (Å²) in [5.74, 6) is 0. The van der Waals surface area contributed by atoms with Crippen LogP contribution >= 0.6 is 11.3 Å². The van der Waals surface area contributed by atoms with Crippen LogP contribution < -0.4 is 9.30 Å². The van der Waals surface area contributed by atoms with Crippen molar-refractivity contribution in [3.63, 3.8) is 0 Å². The number of ether oxygens (including phenoxy) is 1. The Kier molecular flexibility index (Phi) is 1.48. The molecule has 44 valence electrons. The Hall–Kier alpha value is -0.570. The molecule has 0 atom stereocenters. The van der Waals surface area contributed by atoms with Crippen LogP contribution in [0.15, 0.2) is 11.7 Å². The zero-order valence-electron chi connectivity index (χ0n) is 4.92. The molecule has 0 fully saturated rings. The van der Waals surface area contributed by atoms with E-state index in [-0.39, 0.29) is 0 Å². The summed E-state index contributed by atoms with van der Waals surface area (Å²) in [5, 5.41) is 0.951. The summed E-state index contributed by atoms with van der Waals surface area (Å²) in [6, 6.07) is 0. The van der Waals surface area contributed by atoms with Crippen molar-refractivity contribution in [1.29, 1.82) is 0 Å². The van der Waals surface area contributed by atoms with Gasteiger partial charge in [-0.05, 0) is 11.3 Å². The summed E-state index contributed by atoms with van der Waals surface area (Å²) in [5.41, 5.74) is 1.98. The number of thiazole rings is 1. The van der Waals surface area contributed by atoms with Gasteiger partial charge in [0.05, 0.1) is 7.11 Å². The lowest BCUT2D eigenvalue weighted by molar-refractivity contribution is -0.666. The van der Waals surface area contributed by atoms with Gasteiger partial charge >= 0.3 is 0 Å². The van der Waals surface area contributed by atoms with E-state index in [4.69, 9.17) is 4.74 Å². The van der Waals surface area contributed by atoms with E-state index in [0.29, 0.717) is 0 Å². The average molecular weight is 130 g/mol. The first-order valence-electron chi connectivity index (χ1n) is 2.30. The van der Waals surface area contributed by atoms with Crippen molar-refractivity contribution in [3.8, 4) is 5.06 Å². The minimum atomic E-state index is 0.951. The molecule has 0 unspecified atom stereocenters. The maximum atomic E-state index is 4.93. The zero-order valence-corrected chi connectivity index (χ0v) is 5.73. The van der Waals surface area contributed by atoms with Gasteiger partial charge in [0.25, 0.3) is 0 Å². The molecule has 0 saturated carbocycles. The summed E-state index contributed by atoms with van der Waals surface area (Å²) < 4.78 is 6.89. The molecular weight excluding hydrogens is 122 g/mol. The van der Waals surface area contributed by atoms with E-state index < -0.39 is 0 Å². The molecule has 8 heavy (non-hydrogen) atoms. The summed E-state index contributed by atoms with van der Waals surface area (Å²) in [6.45, 7) is 0. The second-order valence-electron chi connectivity index (χ2n) is 1.54. The fourth-order valence-corrected chi connectivity index (χ4v) is 1.12. The third kappa shape index (κ3) is 0.980. The first-order valence-corrected chi connectivity index (χ1v) is 3.18. The van der Waals surface area contributed by atoms with Gasteiger partial charge in [-0.25, -0.2) is 0 Å². The Bertz CT molecular complexity index is 173. The van der Waals surface area contributed by atoms with Crippen LogP contribution in [0.25, 0.3) is 0 Å². The summed E-state index contributed by atoms with van der Waals surface area (Å²) >= 11 is 1.59. The maximum absolute atomic E-state index is 4.93. The Morgan fingerprint density at radius 3 is 2.75 bits per heavy atom. The minimum absolute atomic E-state index is 0.951. The van der Waals surface area contributed by atoms with E-state index in [1.54, 1.807) is 18.4 Å². The predicted molar refractivity (Wildman–Crippen MR) is 32.0 cm³/mol. The van der Waals surface area contributed by atoms with Gasteiger partial charge in [-0.15, -0.1) is 0 Å². The fraction of sp³-hybridized carbons (Fsp3) is 0.400. The molecule has 2 nitrogen and oxygen atoms in total. The van der Waals surface area contributed by atoms with Crippen LogP contribution in [-0.4, -0.2) is 7.11 Å². The van der Waals surface area contributed by atoms with Crippen molar-refractivity contribution in [2.75, 3.05) is 7.11 Å². The van der Waals surface area contributed by atoms with Crippen molar-refractivity contribution in [2.45, 2.75) is 0 Å². The van der Waals surface area contributed by atoms with Gasteiger partial charge in [0.2, 0.25) is 16.8 Å². The number of aryl methyl sites for hydroxylation is 1. The van der Waals surface area contributed by atoms with Crippen LogP contribution in [0.2, 0.25) is 0 Å². The molecule has 0 radical (unpaired) electrons. The number of hydrogen-bond acceptors (Lipinski definition) is 2. The highest BCUT2D eigenvalue weighted by molar-refractivity contribution is 7.11. The Morgan fingerprint density at radius 2 is 2.50 bits per heavy atom. The van der Waals surface area contributed by atoms with Crippen molar-refractivity contribution in [1.82, 2.24) is 0 Å². The van der Waals surface area contributed by atoms with Gasteiger partial charge in [-0.1, -0.05) is 0 Å². The van der Waals surface area contributed by atoms with Gasteiger partial charge in [0, 0.05) is 0 Å². The van der Waals surface area contributed by atoms with E-state index in [9.17, 15) is 0 Å². The normalized spacial score (nSPS) is 9.25. The molecule has 1 aromatic rings. The van der Waals surface area contributed by atoms with Gasteiger partial charge in [-0.2, -0.15) is 4.57 Å². The Labute approximate surface area is 52.3 Å². The number of aromatic nitrogens is 1. The molecule has 3 heteroatoms. The van der Waals surface area contributed by atoms with E-state index in [1.165, 1.54) is 0 Å². The standard InChI is InChI=1S/C5H8NOS/c1-6-3-5(7-2)8-4-6/h3-4H,1-2H3/q+1. The molecular formula is C5H8NOS+. The lowest BCUT2D eigenvalue weighted by Crippen LogP contribution is -2.22. The van der Waals surface area contributed by atoms with Gasteiger partial charge in [-0.3, -0.25) is 0 Å². The zero-order chi connectivity index (χ0) is 5.98. The third-order valence-electron chi connectivity index (χ3n) is 0.845. The second kappa shape index (κ2) is 2.13. The van der Waals surface area contributed by atoms with Gasteiger partial charge in [0.1, 0.15) is 7.05 Å². The van der Waals surface area contributed by atoms with E-state index >= 15 is 0 Å². The molecule has 1 rings (SSSR count). The van der Waals surface area contributed by atoms with Crippen molar-refractivity contribution in [2.24, 2.45) is 7.05 Å². The molecule has 0 bridgehead atoms. The lowest BCUT2D eigenvalue weighted by atomic mass is 10.9. The summed E-state index contributed by atoms with van der Waals surface area (Å²) in [7, 11) is 3.64. The second-order valence-corrected chi connectivity index (χ2v) is 2.39. The molecule has 0 aliphatic heterocycles. The summed E-state index contributed by atoms with van der Waals surface area (Å²) in [4.78, 5) is 0. The van der Waals surface area contributed by atoms with E-state index in [2.05, 4.69) is 0 Å². The fourth-order valence-electron chi connectivity index (χ4n) is 0.463. The van der Waals surface area contributed by atoms with E-state index in [1.807, 2.05) is 23.3 Å². The molecule has 1 aromatic heterocycles. The smallest absolute Gasteiger partial charge is 0.244 e. The maximum Gasteiger partial charge on any atom is 0.244 e. The van der Waals surface area contributed by atoms with Gasteiger partial charge < -0.3 is 4.74 Å². The van der Waals surface area contributed by atoms with Crippen molar-refractivity contribution >= 4 is 11.3 Å². The molecule has 0 aliphatic rings. The lowest BCUT2D eigenvalue weighted by Gasteiger charge is -1.82. The Morgan fingerprint density at radius 1 is 1.75 bits per heavy atom. The number of rotatable bonds is 1. The first kappa shape index (κ1) is 5.56. The molecule has 1 heterocycles. The van der Waals surface area contributed by atoms with Crippen LogP contribution in [-0.2, 0) is 7.05 Å². The highest BCUT2D eigenvalue weighted by Gasteiger charge is 1.98. The monoisotopic (exact) mass is 130 g/mol. The van der Waals surface area contributed by atoms with Crippen molar-refractivity contribution in [3.05, 3.63) is 11.7 Å². The topological polar surface area (TPSA) is 13.1 Å². The quantitative estimate of drug-likeness (QED) is 0.507. The summed E-state index contributed by atoms with van der Waals surface area (Å²) in [6.07, 6.45) is 1.94. The number of hydrogen-bond donors (Lipinski definition) is 0. The van der Waals surface area contributed by atoms with Crippen molar-refractivity contribution < 1.29 is 9.30 Å². The average Bonchev–Trinajstić information content (AvgIpc) is 2.14. The van der Waals surface area contributed by atoms with Crippen LogP contribution in [0, 0.1) is 0 Å². The highest BCUT2D eigenvalue weighted by atomic mass is 32.1. The minimum Gasteiger partial charge on any atom is -0.483 e. The van der Waals surface area contributed by atoms with Crippen LogP contribution in [0.5, 0.6) is 5.06 Å². The first-order chi connectivity index (χ1) is 3.83. The molecule has 0 amide bonds. The molecule has 0 spiro atoms. The van der Waals surface area contributed by atoms with Crippen LogP contribution in [0.4, 0.5) is 0 Å². The van der Waals surface area contributed by atoms with Gasteiger partial charge in [0.15, 0.2) is 0 Å². The largest absolute Gasteiger partial charge is 0.483 e. The van der Waals surface area contributed by atoms with Crippen LogP contribution in [0.1, 0.15) is 0 Å². The molecule has 0 saturated heterocycles. The number of nitrogens with zero attached hydrogens (tertiary/aromatic N) is 1.